The van der Waals surface area contributed by atoms with Gasteiger partial charge in [-0.2, -0.15) is 0 Å². The molecule has 0 aliphatic carbocycles. The Bertz CT molecular complexity index is 354. The van der Waals surface area contributed by atoms with E-state index < -0.39 is 18.0 Å². The number of unbranched alkanes of at least 4 members (excludes halogenated alkanes) is 12. The summed E-state index contributed by atoms with van der Waals surface area (Å²) in [6.07, 6.45) is 15.3. The Labute approximate surface area is 160 Å². The van der Waals surface area contributed by atoms with Gasteiger partial charge in [0.05, 0.1) is 6.10 Å². The maximum absolute atomic E-state index is 12.2. The quantitative estimate of drug-likeness (QED) is 0.219. The van der Waals surface area contributed by atoms with Gasteiger partial charge in [0.15, 0.2) is 0 Å². The van der Waals surface area contributed by atoms with Crippen molar-refractivity contribution in [1.29, 1.82) is 0 Å². The molecule has 0 bridgehead atoms. The van der Waals surface area contributed by atoms with Crippen LogP contribution in [0.1, 0.15) is 117 Å². The van der Waals surface area contributed by atoms with Crippen molar-refractivity contribution in [2.75, 3.05) is 0 Å². The number of carboxylic acid groups (broad SMARTS) is 1. The van der Waals surface area contributed by atoms with Crippen LogP contribution < -0.4 is 0 Å². The summed E-state index contributed by atoms with van der Waals surface area (Å²) in [6.45, 7) is 4.35. The number of hydrogen-bond donors (Lipinski definition) is 2. The van der Waals surface area contributed by atoms with Crippen molar-refractivity contribution in [1.82, 2.24) is 0 Å². The minimum atomic E-state index is -1.24. The van der Waals surface area contributed by atoms with Crippen LogP contribution in [-0.4, -0.2) is 28.1 Å². The lowest BCUT2D eigenvalue weighted by Gasteiger charge is -2.18. The van der Waals surface area contributed by atoms with E-state index in [2.05, 4.69) is 13.8 Å². The van der Waals surface area contributed by atoms with Crippen LogP contribution in [0.2, 0.25) is 0 Å². The second-order valence-corrected chi connectivity index (χ2v) is 7.63. The first-order chi connectivity index (χ1) is 12.5. The van der Waals surface area contributed by atoms with Gasteiger partial charge < -0.3 is 10.2 Å². The predicted molar refractivity (Wildman–Crippen MR) is 107 cm³/mol. The molecule has 0 saturated carbocycles. The average molecular weight is 371 g/mol. The van der Waals surface area contributed by atoms with Gasteiger partial charge in [-0.1, -0.05) is 97.3 Å². The standard InChI is InChI=1S/C22H42O4/c1-3-5-7-9-10-11-12-14-16-18-20(24)21(22(25)26)19(23)17-15-13-8-6-4-2/h19,21,23H,3-18H2,1-2H3,(H,25,26). The molecule has 4 nitrogen and oxygen atoms in total. The number of carbonyl (C=O) groups is 2. The molecule has 0 aromatic rings. The van der Waals surface area contributed by atoms with E-state index >= 15 is 0 Å². The summed E-state index contributed by atoms with van der Waals surface area (Å²) < 4.78 is 0. The van der Waals surface area contributed by atoms with Crippen LogP contribution in [0.5, 0.6) is 0 Å². The SMILES string of the molecule is CCCCCCCCCCCC(=O)C(C(=O)O)C(O)CCCCCCC. The maximum Gasteiger partial charge on any atom is 0.316 e. The van der Waals surface area contributed by atoms with Gasteiger partial charge in [0.1, 0.15) is 11.7 Å². The molecule has 2 atom stereocenters. The Morgan fingerprint density at radius 2 is 1.12 bits per heavy atom. The Morgan fingerprint density at radius 3 is 1.58 bits per heavy atom. The number of ketones is 1. The zero-order valence-corrected chi connectivity index (χ0v) is 17.2. The number of rotatable bonds is 19. The van der Waals surface area contributed by atoms with Crippen LogP contribution in [0.15, 0.2) is 0 Å². The lowest BCUT2D eigenvalue weighted by molar-refractivity contribution is -0.151. The van der Waals surface area contributed by atoms with E-state index in [0.29, 0.717) is 6.42 Å². The highest BCUT2D eigenvalue weighted by atomic mass is 16.4. The number of hydrogen-bond acceptors (Lipinski definition) is 3. The molecule has 0 spiro atoms. The van der Waals surface area contributed by atoms with E-state index in [4.69, 9.17) is 0 Å². The zero-order chi connectivity index (χ0) is 19.6. The lowest BCUT2D eigenvalue weighted by atomic mass is 9.90. The van der Waals surface area contributed by atoms with Crippen molar-refractivity contribution in [2.24, 2.45) is 5.92 Å². The minimum Gasteiger partial charge on any atom is -0.481 e. The van der Waals surface area contributed by atoms with Crippen molar-refractivity contribution in [3.63, 3.8) is 0 Å². The van der Waals surface area contributed by atoms with Crippen molar-refractivity contribution < 1.29 is 19.8 Å². The van der Waals surface area contributed by atoms with Gasteiger partial charge in [-0.3, -0.25) is 9.59 Å². The molecule has 0 aromatic heterocycles. The summed E-state index contributed by atoms with van der Waals surface area (Å²) in [5.41, 5.74) is 0. The highest BCUT2D eigenvalue weighted by molar-refractivity contribution is 5.98. The highest BCUT2D eigenvalue weighted by Crippen LogP contribution is 2.18. The molecule has 154 valence electrons. The molecular weight excluding hydrogens is 328 g/mol. The molecule has 2 N–H and O–H groups in total. The lowest BCUT2D eigenvalue weighted by Crippen LogP contribution is -2.35. The fraction of sp³-hybridized carbons (Fsp3) is 0.909. The molecule has 0 radical (unpaired) electrons. The van der Waals surface area contributed by atoms with Crippen LogP contribution in [0.25, 0.3) is 0 Å². The van der Waals surface area contributed by atoms with Crippen LogP contribution in [0, 0.1) is 5.92 Å². The first-order valence-electron chi connectivity index (χ1n) is 11.0. The van der Waals surface area contributed by atoms with Crippen molar-refractivity contribution in [3.05, 3.63) is 0 Å². The summed E-state index contributed by atoms with van der Waals surface area (Å²) in [7, 11) is 0. The Kier molecular flexibility index (Phi) is 16.9. The average Bonchev–Trinajstić information content (AvgIpc) is 2.60. The molecular formula is C22H42O4. The van der Waals surface area contributed by atoms with Gasteiger partial charge >= 0.3 is 5.97 Å². The summed E-state index contributed by atoms with van der Waals surface area (Å²) in [5.74, 6) is -2.72. The van der Waals surface area contributed by atoms with Crippen LogP contribution in [0.4, 0.5) is 0 Å². The maximum atomic E-state index is 12.2. The van der Waals surface area contributed by atoms with E-state index in [1.165, 1.54) is 38.5 Å². The molecule has 0 saturated heterocycles. The summed E-state index contributed by atoms with van der Waals surface area (Å²) in [4.78, 5) is 23.6. The Hall–Kier alpha value is -0.900. The van der Waals surface area contributed by atoms with Crippen LogP contribution >= 0.6 is 0 Å². The first kappa shape index (κ1) is 25.1. The number of aliphatic hydroxyl groups excluding tert-OH is 1. The first-order valence-corrected chi connectivity index (χ1v) is 11.0. The smallest absolute Gasteiger partial charge is 0.316 e. The Morgan fingerprint density at radius 1 is 0.692 bits per heavy atom. The van der Waals surface area contributed by atoms with E-state index in [0.717, 1.165) is 51.4 Å². The van der Waals surface area contributed by atoms with Gasteiger partial charge in [-0.05, 0) is 12.8 Å². The van der Waals surface area contributed by atoms with Crippen molar-refractivity contribution in [2.45, 2.75) is 123 Å². The largest absolute Gasteiger partial charge is 0.481 e. The molecule has 0 aliphatic rings. The normalized spacial score (nSPS) is 13.5. The van der Waals surface area contributed by atoms with E-state index in [1.54, 1.807) is 0 Å². The second kappa shape index (κ2) is 17.5. The third kappa shape index (κ3) is 13.3. The molecule has 4 heteroatoms. The minimum absolute atomic E-state index is 0.277. The zero-order valence-electron chi connectivity index (χ0n) is 17.2. The van der Waals surface area contributed by atoms with Crippen LogP contribution in [0.3, 0.4) is 0 Å². The summed E-state index contributed by atoms with van der Waals surface area (Å²) >= 11 is 0. The van der Waals surface area contributed by atoms with Gasteiger partial charge in [-0.25, -0.2) is 0 Å². The van der Waals surface area contributed by atoms with Gasteiger partial charge in [0, 0.05) is 6.42 Å². The van der Waals surface area contributed by atoms with Gasteiger partial charge in [0.2, 0.25) is 0 Å². The third-order valence-electron chi connectivity index (χ3n) is 5.13. The molecule has 0 rings (SSSR count). The number of aliphatic hydroxyl groups is 1. The fourth-order valence-corrected chi connectivity index (χ4v) is 3.41. The third-order valence-corrected chi connectivity index (χ3v) is 5.13. The molecule has 0 aliphatic heterocycles. The Balaban J connectivity index is 3.91. The number of carboxylic acids is 1. The van der Waals surface area contributed by atoms with Gasteiger partial charge in [0.25, 0.3) is 0 Å². The molecule has 2 unspecified atom stereocenters. The van der Waals surface area contributed by atoms with Crippen LogP contribution in [-0.2, 0) is 9.59 Å². The summed E-state index contributed by atoms with van der Waals surface area (Å²) in [5, 5.41) is 19.5. The van der Waals surface area contributed by atoms with E-state index in [-0.39, 0.29) is 12.2 Å². The molecule has 0 heterocycles. The van der Waals surface area contributed by atoms with Crippen molar-refractivity contribution in [3.8, 4) is 0 Å². The van der Waals surface area contributed by atoms with Gasteiger partial charge in [-0.15, -0.1) is 0 Å². The molecule has 0 aromatic carbocycles. The fourth-order valence-electron chi connectivity index (χ4n) is 3.41. The number of aliphatic carboxylic acids is 1. The number of Topliss-reactive ketones (excluding diaryl/α,β-unsaturated/α-hetero) is 1. The second-order valence-electron chi connectivity index (χ2n) is 7.63. The van der Waals surface area contributed by atoms with E-state index in [1.807, 2.05) is 0 Å². The van der Waals surface area contributed by atoms with Crippen molar-refractivity contribution >= 4 is 11.8 Å². The molecule has 26 heavy (non-hydrogen) atoms. The van der Waals surface area contributed by atoms with E-state index in [9.17, 15) is 19.8 Å². The molecule has 0 amide bonds. The predicted octanol–water partition coefficient (Wildman–Crippen LogP) is 5.90. The monoisotopic (exact) mass is 370 g/mol. The topological polar surface area (TPSA) is 74.6 Å². The highest BCUT2D eigenvalue weighted by Gasteiger charge is 2.32. The molecule has 0 fully saturated rings. The number of carbonyl (C=O) groups excluding carboxylic acids is 1. The summed E-state index contributed by atoms with van der Waals surface area (Å²) in [6, 6.07) is 0.